The lowest BCUT2D eigenvalue weighted by molar-refractivity contribution is 0.200. The molecule has 0 spiro atoms. The summed E-state index contributed by atoms with van der Waals surface area (Å²) in [6, 6.07) is 8.23. The zero-order chi connectivity index (χ0) is 20.1. The van der Waals surface area contributed by atoms with Gasteiger partial charge in [0.25, 0.3) is 0 Å². The smallest absolute Gasteiger partial charge is 0.317 e. The SMILES string of the molecule is CN(Cc1ccccc1N1CCCC1)C(=O)NCC1CCN(S(C)(=O)=O)CC1. The van der Waals surface area contributed by atoms with Crippen molar-refractivity contribution in [2.75, 3.05) is 50.9 Å². The van der Waals surface area contributed by atoms with Gasteiger partial charge >= 0.3 is 6.03 Å². The van der Waals surface area contributed by atoms with Crippen LogP contribution in [0, 0.1) is 5.92 Å². The predicted molar refractivity (Wildman–Crippen MR) is 112 cm³/mol. The number of para-hydroxylation sites is 1. The molecule has 0 saturated carbocycles. The Morgan fingerprint density at radius 1 is 1.14 bits per heavy atom. The van der Waals surface area contributed by atoms with Crippen LogP contribution in [-0.4, -0.2) is 69.7 Å². The molecule has 8 heteroatoms. The maximum absolute atomic E-state index is 12.5. The van der Waals surface area contributed by atoms with Gasteiger partial charge < -0.3 is 15.1 Å². The Morgan fingerprint density at radius 2 is 1.79 bits per heavy atom. The summed E-state index contributed by atoms with van der Waals surface area (Å²) in [5, 5.41) is 3.02. The van der Waals surface area contributed by atoms with Gasteiger partial charge in [-0.25, -0.2) is 17.5 Å². The fourth-order valence-corrected chi connectivity index (χ4v) is 4.92. The van der Waals surface area contributed by atoms with E-state index in [9.17, 15) is 13.2 Å². The molecule has 1 aromatic carbocycles. The highest BCUT2D eigenvalue weighted by molar-refractivity contribution is 7.88. The molecule has 2 aliphatic heterocycles. The number of piperidine rings is 1. The highest BCUT2D eigenvalue weighted by Gasteiger charge is 2.25. The predicted octanol–water partition coefficient (Wildman–Crippen LogP) is 2.10. The second-order valence-electron chi connectivity index (χ2n) is 7.97. The minimum Gasteiger partial charge on any atom is -0.371 e. The summed E-state index contributed by atoms with van der Waals surface area (Å²) in [6.45, 7) is 4.41. The molecule has 2 saturated heterocycles. The molecule has 3 rings (SSSR count). The second kappa shape index (κ2) is 9.13. The van der Waals surface area contributed by atoms with Gasteiger partial charge in [0.15, 0.2) is 0 Å². The summed E-state index contributed by atoms with van der Waals surface area (Å²) < 4.78 is 24.7. The quantitative estimate of drug-likeness (QED) is 0.782. The third kappa shape index (κ3) is 5.38. The number of hydrogen-bond donors (Lipinski definition) is 1. The van der Waals surface area contributed by atoms with E-state index in [1.807, 2.05) is 13.1 Å². The van der Waals surface area contributed by atoms with Crippen LogP contribution in [0.15, 0.2) is 24.3 Å². The molecule has 0 atom stereocenters. The van der Waals surface area contributed by atoms with Crippen molar-refractivity contribution in [2.45, 2.75) is 32.2 Å². The van der Waals surface area contributed by atoms with Crippen LogP contribution in [0.25, 0.3) is 0 Å². The normalized spacial score (nSPS) is 19.0. The average molecular weight is 409 g/mol. The first-order chi connectivity index (χ1) is 13.3. The standard InChI is InChI=1S/C20H32N4O3S/c1-22(16-18-7-3-4-8-19(18)23-11-5-6-12-23)20(25)21-15-17-9-13-24(14-10-17)28(2,26)27/h3-4,7-8,17H,5-6,9-16H2,1-2H3,(H,21,25). The molecule has 156 valence electrons. The van der Waals surface area contributed by atoms with E-state index in [4.69, 9.17) is 0 Å². The molecular weight excluding hydrogens is 376 g/mol. The average Bonchev–Trinajstić information content (AvgIpc) is 3.20. The number of hydrogen-bond acceptors (Lipinski definition) is 4. The maximum atomic E-state index is 12.5. The van der Waals surface area contributed by atoms with E-state index >= 15 is 0 Å². The number of rotatable bonds is 6. The van der Waals surface area contributed by atoms with Crippen molar-refractivity contribution < 1.29 is 13.2 Å². The first-order valence-electron chi connectivity index (χ1n) is 10.1. The fourth-order valence-electron chi connectivity index (χ4n) is 4.05. The van der Waals surface area contributed by atoms with Gasteiger partial charge in [-0.05, 0) is 43.2 Å². The van der Waals surface area contributed by atoms with Gasteiger partial charge in [0.05, 0.1) is 6.26 Å². The zero-order valence-corrected chi connectivity index (χ0v) is 17.7. The molecule has 0 bridgehead atoms. The van der Waals surface area contributed by atoms with Crippen molar-refractivity contribution in [3.63, 3.8) is 0 Å². The van der Waals surface area contributed by atoms with Crippen LogP contribution in [0.3, 0.4) is 0 Å². The summed E-state index contributed by atoms with van der Waals surface area (Å²) in [5.74, 6) is 0.326. The van der Waals surface area contributed by atoms with Crippen LogP contribution >= 0.6 is 0 Å². The molecule has 0 aliphatic carbocycles. The van der Waals surface area contributed by atoms with E-state index < -0.39 is 10.0 Å². The van der Waals surface area contributed by atoms with Crippen molar-refractivity contribution in [2.24, 2.45) is 5.92 Å². The molecule has 1 aromatic rings. The third-order valence-electron chi connectivity index (χ3n) is 5.78. The van der Waals surface area contributed by atoms with E-state index in [0.29, 0.717) is 32.1 Å². The van der Waals surface area contributed by atoms with Crippen molar-refractivity contribution >= 4 is 21.7 Å². The minimum absolute atomic E-state index is 0.0817. The Balaban J connectivity index is 1.48. The van der Waals surface area contributed by atoms with Gasteiger partial charge in [-0.3, -0.25) is 0 Å². The molecule has 1 N–H and O–H groups in total. The summed E-state index contributed by atoms with van der Waals surface area (Å²) in [4.78, 5) is 16.7. The van der Waals surface area contributed by atoms with Crippen LogP contribution in [-0.2, 0) is 16.6 Å². The van der Waals surface area contributed by atoms with Crippen molar-refractivity contribution in [3.8, 4) is 0 Å². The topological polar surface area (TPSA) is 73.0 Å². The Bertz CT molecular complexity index is 769. The maximum Gasteiger partial charge on any atom is 0.317 e. The van der Waals surface area contributed by atoms with Crippen molar-refractivity contribution in [3.05, 3.63) is 29.8 Å². The third-order valence-corrected chi connectivity index (χ3v) is 7.08. The molecule has 0 radical (unpaired) electrons. The number of sulfonamides is 1. The molecule has 2 fully saturated rings. The second-order valence-corrected chi connectivity index (χ2v) is 9.95. The molecule has 2 heterocycles. The highest BCUT2D eigenvalue weighted by Crippen LogP contribution is 2.25. The number of benzene rings is 1. The van der Waals surface area contributed by atoms with Crippen LogP contribution in [0.4, 0.5) is 10.5 Å². The van der Waals surface area contributed by atoms with Gasteiger partial charge in [0.2, 0.25) is 10.0 Å². The van der Waals surface area contributed by atoms with Crippen LogP contribution < -0.4 is 10.2 Å². The zero-order valence-electron chi connectivity index (χ0n) is 16.9. The van der Waals surface area contributed by atoms with Crippen LogP contribution in [0.2, 0.25) is 0 Å². The molecule has 28 heavy (non-hydrogen) atoms. The number of carbonyl (C=O) groups is 1. The lowest BCUT2D eigenvalue weighted by atomic mass is 9.98. The summed E-state index contributed by atoms with van der Waals surface area (Å²) >= 11 is 0. The Hall–Kier alpha value is -1.80. The first-order valence-corrected chi connectivity index (χ1v) is 12.0. The van der Waals surface area contributed by atoms with Crippen molar-refractivity contribution in [1.82, 2.24) is 14.5 Å². The van der Waals surface area contributed by atoms with E-state index in [0.717, 1.165) is 25.9 Å². The number of nitrogens with one attached hydrogen (secondary N) is 1. The van der Waals surface area contributed by atoms with Gasteiger partial charge in [-0.2, -0.15) is 0 Å². The van der Waals surface area contributed by atoms with Crippen LogP contribution in [0.5, 0.6) is 0 Å². The molecule has 0 unspecified atom stereocenters. The van der Waals surface area contributed by atoms with Crippen LogP contribution in [0.1, 0.15) is 31.2 Å². The molecule has 7 nitrogen and oxygen atoms in total. The number of urea groups is 1. The van der Waals surface area contributed by atoms with E-state index in [1.165, 1.54) is 34.7 Å². The molecule has 2 amide bonds. The van der Waals surface area contributed by atoms with Gasteiger partial charge in [0, 0.05) is 52.0 Å². The summed E-state index contributed by atoms with van der Waals surface area (Å²) in [7, 11) is -1.28. The van der Waals surface area contributed by atoms with Gasteiger partial charge in [-0.15, -0.1) is 0 Å². The Labute approximate surface area is 168 Å². The number of carbonyl (C=O) groups excluding carboxylic acids is 1. The van der Waals surface area contributed by atoms with E-state index in [1.54, 1.807) is 4.90 Å². The van der Waals surface area contributed by atoms with E-state index in [-0.39, 0.29) is 6.03 Å². The Kier molecular flexibility index (Phi) is 6.82. The first kappa shape index (κ1) is 20.9. The number of anilines is 1. The molecular formula is C20H32N4O3S. The molecule has 0 aromatic heterocycles. The highest BCUT2D eigenvalue weighted by atomic mass is 32.2. The monoisotopic (exact) mass is 408 g/mol. The number of nitrogens with zero attached hydrogens (tertiary/aromatic N) is 3. The van der Waals surface area contributed by atoms with E-state index in [2.05, 4.69) is 28.4 Å². The molecule has 2 aliphatic rings. The van der Waals surface area contributed by atoms with Gasteiger partial charge in [-0.1, -0.05) is 18.2 Å². The van der Waals surface area contributed by atoms with Crippen molar-refractivity contribution in [1.29, 1.82) is 0 Å². The minimum atomic E-state index is -3.11. The Morgan fingerprint density at radius 3 is 2.43 bits per heavy atom. The fraction of sp³-hybridized carbons (Fsp3) is 0.650. The van der Waals surface area contributed by atoms with Gasteiger partial charge in [0.1, 0.15) is 0 Å². The number of amides is 2. The summed E-state index contributed by atoms with van der Waals surface area (Å²) in [5.41, 5.74) is 2.40. The lowest BCUT2D eigenvalue weighted by Crippen LogP contribution is -2.43. The summed E-state index contributed by atoms with van der Waals surface area (Å²) in [6.07, 6.45) is 5.28. The largest absolute Gasteiger partial charge is 0.371 e. The lowest BCUT2D eigenvalue weighted by Gasteiger charge is -2.30.